The average molecular weight is 1600 g/mol. The molecule has 8 atom stereocenters. The number of piperazine rings is 1. The van der Waals surface area contributed by atoms with Crippen LogP contribution in [-0.2, 0) is 52.3 Å². The molecule has 2 aliphatic heterocycles. The first-order valence-corrected chi connectivity index (χ1v) is 49.0. The lowest BCUT2D eigenvalue weighted by molar-refractivity contribution is -0.146. The van der Waals surface area contributed by atoms with Crippen LogP contribution in [0, 0.1) is 82.9 Å². The second-order valence-electron chi connectivity index (χ2n) is 38.9. The van der Waals surface area contributed by atoms with Crippen molar-refractivity contribution in [1.82, 2.24) is 14.7 Å². The average Bonchev–Trinajstić information content (AvgIpc) is 0.923. The van der Waals surface area contributed by atoms with E-state index < -0.39 is 0 Å². The number of esters is 4. The number of unbranched alkanes of at least 4 members (excludes halogenated alkanes) is 24. The summed E-state index contributed by atoms with van der Waals surface area (Å²) in [6, 6.07) is 0. The molecule has 0 saturated carbocycles. The molecule has 2 fully saturated rings. The second kappa shape index (κ2) is 72.5. The van der Waals surface area contributed by atoms with Crippen LogP contribution < -0.4 is 0 Å². The van der Waals surface area contributed by atoms with Crippen LogP contribution in [0.4, 0.5) is 0 Å². The lowest BCUT2D eigenvalue weighted by Crippen LogP contribution is -2.44. The fraction of sp³-hybridized carbons (Fsp3) is 0.960. The van der Waals surface area contributed by atoms with Crippen LogP contribution >= 0.6 is 0 Å². The predicted molar refractivity (Wildman–Crippen MR) is 477 cm³/mol. The van der Waals surface area contributed by atoms with Crippen LogP contribution in [0.5, 0.6) is 0 Å². The largest absolute Gasteiger partial charge is 0.465 e. The molecule has 14 nitrogen and oxygen atoms in total. The fourth-order valence-corrected chi connectivity index (χ4v) is 16.7. The summed E-state index contributed by atoms with van der Waals surface area (Å²) < 4.78 is 41.8. The van der Waals surface area contributed by atoms with Gasteiger partial charge in [-0.05, 0) is 180 Å². The third kappa shape index (κ3) is 64.2. The molecule has 0 N–H and O–H groups in total. The van der Waals surface area contributed by atoms with Crippen molar-refractivity contribution in [2.45, 2.75) is 405 Å². The van der Waals surface area contributed by atoms with Gasteiger partial charge in [0.2, 0.25) is 0 Å². The number of nitrogens with zero attached hydrogens (tertiary/aromatic N) is 3. The first-order chi connectivity index (χ1) is 54.5. The quantitative estimate of drug-likeness (QED) is 0.0324. The van der Waals surface area contributed by atoms with Gasteiger partial charge in [0.25, 0.3) is 0 Å². The van der Waals surface area contributed by atoms with Gasteiger partial charge >= 0.3 is 23.9 Å². The van der Waals surface area contributed by atoms with Gasteiger partial charge in [-0.25, -0.2) is 0 Å². The van der Waals surface area contributed by atoms with E-state index in [1.807, 2.05) is 0 Å². The Balaban J connectivity index is 1.63. The topological polar surface area (TPSA) is 143 Å². The Morgan fingerprint density at radius 2 is 0.558 bits per heavy atom. The van der Waals surface area contributed by atoms with Crippen molar-refractivity contribution in [3.8, 4) is 0 Å². The number of morpholine rings is 1. The Morgan fingerprint density at radius 3 is 0.876 bits per heavy atom. The van der Waals surface area contributed by atoms with Crippen molar-refractivity contribution >= 4 is 23.9 Å². The lowest BCUT2D eigenvalue weighted by atomic mass is 9.82. The summed E-state index contributed by atoms with van der Waals surface area (Å²) in [7, 11) is 2.23. The first kappa shape index (κ1) is 107. The van der Waals surface area contributed by atoms with E-state index in [0.29, 0.717) is 135 Å². The van der Waals surface area contributed by atoms with Gasteiger partial charge in [-0.3, -0.25) is 24.1 Å². The summed E-state index contributed by atoms with van der Waals surface area (Å²) in [5.74, 6) is 7.55. The second-order valence-corrected chi connectivity index (χ2v) is 38.9. The third-order valence-corrected chi connectivity index (χ3v) is 25.9. The maximum absolute atomic E-state index is 13.2. The van der Waals surface area contributed by atoms with Gasteiger partial charge in [0, 0.05) is 104 Å². The smallest absolute Gasteiger partial charge is 0.305 e. The Hall–Kier alpha value is -2.36. The molecular weight excluding hydrogens is 1410 g/mol. The summed E-state index contributed by atoms with van der Waals surface area (Å²) in [6.45, 7) is 48.5. The van der Waals surface area contributed by atoms with Gasteiger partial charge in [-0.15, -0.1) is 0 Å². The number of rotatable bonds is 79. The Labute approximate surface area is 700 Å². The Bertz CT molecular complexity index is 2160. The molecule has 14 heteroatoms. The highest BCUT2D eigenvalue weighted by Crippen LogP contribution is 2.31. The molecule has 2 aliphatic rings. The monoisotopic (exact) mass is 1600 g/mol. The molecule has 668 valence electrons. The minimum absolute atomic E-state index is 0.0109. The highest BCUT2D eigenvalue weighted by molar-refractivity contribution is 5.70. The Morgan fingerprint density at radius 1 is 0.283 bits per heavy atom. The summed E-state index contributed by atoms with van der Waals surface area (Å²) in [6.07, 6.45) is 54.1. The summed E-state index contributed by atoms with van der Waals surface area (Å²) in [5.41, 5.74) is 0. The van der Waals surface area contributed by atoms with E-state index in [2.05, 4.69) is 119 Å². The zero-order valence-corrected chi connectivity index (χ0v) is 77.6. The van der Waals surface area contributed by atoms with E-state index in [0.717, 1.165) is 175 Å². The fourth-order valence-electron chi connectivity index (χ4n) is 16.7. The minimum atomic E-state index is -0.0281. The summed E-state index contributed by atoms with van der Waals surface area (Å²) >= 11 is 0. The van der Waals surface area contributed by atoms with E-state index in [-0.39, 0.29) is 23.9 Å². The van der Waals surface area contributed by atoms with Crippen molar-refractivity contribution < 1.29 is 52.3 Å². The molecule has 0 radical (unpaired) electrons. The van der Waals surface area contributed by atoms with Crippen LogP contribution in [0.3, 0.4) is 0 Å². The molecule has 0 bridgehead atoms. The van der Waals surface area contributed by atoms with E-state index in [9.17, 15) is 19.2 Å². The molecule has 2 rings (SSSR count). The van der Waals surface area contributed by atoms with Gasteiger partial charge in [0.15, 0.2) is 0 Å². The number of hydrogen-bond donors (Lipinski definition) is 0. The van der Waals surface area contributed by atoms with E-state index in [1.165, 1.54) is 200 Å². The molecule has 0 aromatic heterocycles. The van der Waals surface area contributed by atoms with Crippen molar-refractivity contribution in [2.75, 3.05) is 125 Å². The van der Waals surface area contributed by atoms with Crippen LogP contribution in [0.1, 0.15) is 405 Å². The highest BCUT2D eigenvalue weighted by Gasteiger charge is 2.25. The number of likely N-dealkylation sites (N-methyl/N-ethyl adjacent to an activating group) is 1. The van der Waals surface area contributed by atoms with Gasteiger partial charge in [0.1, 0.15) is 0 Å². The zero-order chi connectivity index (χ0) is 82.7. The summed E-state index contributed by atoms with van der Waals surface area (Å²) in [5, 5.41) is 0. The molecule has 0 spiro atoms. The molecule has 0 aromatic rings. The summed E-state index contributed by atoms with van der Waals surface area (Å²) in [4.78, 5) is 58.7. The molecule has 2 saturated heterocycles. The minimum Gasteiger partial charge on any atom is -0.465 e. The highest BCUT2D eigenvalue weighted by atomic mass is 16.5. The molecule has 8 unspecified atom stereocenters. The van der Waals surface area contributed by atoms with Gasteiger partial charge in [-0.1, -0.05) is 290 Å². The number of carbonyl (C=O) groups is 4. The van der Waals surface area contributed by atoms with E-state index >= 15 is 0 Å². The van der Waals surface area contributed by atoms with Crippen molar-refractivity contribution in [2.24, 2.45) is 82.9 Å². The third-order valence-electron chi connectivity index (χ3n) is 25.9. The Kier molecular flexibility index (Phi) is 68.4. The number of carbonyl (C=O) groups excluding carboxylic acids is 4. The maximum Gasteiger partial charge on any atom is 0.305 e. The molecule has 0 aromatic carbocycles. The van der Waals surface area contributed by atoms with Crippen molar-refractivity contribution in [1.29, 1.82) is 0 Å². The lowest BCUT2D eigenvalue weighted by Gasteiger charge is -2.32. The van der Waals surface area contributed by atoms with Crippen LogP contribution in [0.25, 0.3) is 0 Å². The van der Waals surface area contributed by atoms with E-state index in [1.54, 1.807) is 0 Å². The zero-order valence-electron chi connectivity index (χ0n) is 77.6. The van der Waals surface area contributed by atoms with Crippen LogP contribution in [0.15, 0.2) is 0 Å². The first-order valence-electron chi connectivity index (χ1n) is 49.0. The van der Waals surface area contributed by atoms with Gasteiger partial charge in [-0.2, -0.15) is 0 Å². The van der Waals surface area contributed by atoms with Crippen LogP contribution in [0.2, 0.25) is 0 Å². The molecule has 0 aliphatic carbocycles. The molecular formula is C99H191N3O11. The normalized spacial score (nSPS) is 16.4. The van der Waals surface area contributed by atoms with Crippen LogP contribution in [-0.4, -0.2) is 164 Å². The van der Waals surface area contributed by atoms with Crippen molar-refractivity contribution in [3.05, 3.63) is 0 Å². The number of ether oxygens (including phenoxy) is 7. The van der Waals surface area contributed by atoms with Gasteiger partial charge < -0.3 is 43.0 Å². The molecule has 0 amide bonds. The number of hydrogen-bond acceptors (Lipinski definition) is 14. The predicted octanol–water partition coefficient (Wildman–Crippen LogP) is 25.4. The van der Waals surface area contributed by atoms with Gasteiger partial charge in [0.05, 0.1) is 39.6 Å². The standard InChI is InChI=1S/C99H191N3O11/c1-82(2)54-60-92(85(7)8)78-110-96(103)50-40-32-24-16-20-28-36-46-90(76-108-72-44-64-101-68-66-100(15)67-69-101)47-37-31-23-19-27-35-43-53-99(106)113-81-95(62-56-84(5)6)89(14)59-57-88(13)58-63-94(87(11)12)80-112-98(105)52-42-34-26-18-22-30-39-49-91(77-109-73-45-65-102-70-74-107-75-71-102)48-38-29-21-17-25-33-41-51-97(104)111-79-93(86(9)10)61-55-83(3)4/h82-95H,16-81H2,1-15H3. The molecule has 113 heavy (non-hydrogen) atoms. The van der Waals surface area contributed by atoms with Crippen molar-refractivity contribution in [3.63, 3.8) is 0 Å². The maximum atomic E-state index is 13.2. The molecule has 2 heterocycles. The SMILES string of the molecule is CC(C)CCC(COC(=O)CCCCCCCCCC(CCCCCCCCCC(=O)OCC(CCC(C)CCC(C)C(CCC(C)C)COC(=O)CCCCCCCCCC(CCCCCCCCCC(=O)OCC(CCC(C)C)C(C)C)COCCCN1CCN(C)CC1)C(C)C)COCCCN1CCOCC1)C(C)C. The van der Waals surface area contributed by atoms with E-state index in [4.69, 9.17) is 33.2 Å².